The highest BCUT2D eigenvalue weighted by Crippen LogP contribution is 2.21. The number of benzene rings is 1. The zero-order chi connectivity index (χ0) is 9.26. The lowest BCUT2D eigenvalue weighted by Gasteiger charge is -2.03. The molecule has 66 valence electrons. The van der Waals surface area contributed by atoms with Gasteiger partial charge in [0, 0.05) is 16.9 Å². The first kappa shape index (κ1) is 8.85. The Morgan fingerprint density at radius 2 is 1.92 bits per heavy atom. The summed E-state index contributed by atoms with van der Waals surface area (Å²) in [5, 5.41) is 0.755. The van der Waals surface area contributed by atoms with Gasteiger partial charge in [-0.25, -0.2) is 0 Å². The fourth-order valence-corrected chi connectivity index (χ4v) is 1.75. The molecule has 0 spiro atoms. The molecule has 0 saturated heterocycles. The Balaban J connectivity index is 2.52. The first-order chi connectivity index (χ1) is 6.27. The molecule has 0 saturated carbocycles. The van der Waals surface area contributed by atoms with Gasteiger partial charge in [0.25, 0.3) is 0 Å². The second kappa shape index (κ2) is 3.56. The molecule has 1 heterocycles. The van der Waals surface area contributed by atoms with E-state index in [0.717, 1.165) is 15.2 Å². The van der Waals surface area contributed by atoms with Crippen LogP contribution in [0.4, 0.5) is 0 Å². The molecular formula is C10H7BrClN. The van der Waals surface area contributed by atoms with Gasteiger partial charge in [0.1, 0.15) is 0 Å². The van der Waals surface area contributed by atoms with E-state index < -0.39 is 0 Å². The van der Waals surface area contributed by atoms with Gasteiger partial charge in [-0.15, -0.1) is 0 Å². The van der Waals surface area contributed by atoms with Crippen molar-refractivity contribution in [3.05, 3.63) is 52.2 Å². The van der Waals surface area contributed by atoms with Crippen LogP contribution in [0.25, 0.3) is 5.69 Å². The van der Waals surface area contributed by atoms with E-state index in [1.807, 2.05) is 47.3 Å². The molecule has 0 amide bonds. The Hall–Kier alpha value is -0.730. The van der Waals surface area contributed by atoms with Crippen LogP contribution < -0.4 is 0 Å². The van der Waals surface area contributed by atoms with Crippen molar-refractivity contribution in [1.82, 2.24) is 4.57 Å². The van der Waals surface area contributed by atoms with E-state index in [2.05, 4.69) is 15.9 Å². The van der Waals surface area contributed by atoms with Gasteiger partial charge in [0.15, 0.2) is 0 Å². The maximum Gasteiger partial charge on any atom is 0.0646 e. The first-order valence-electron chi connectivity index (χ1n) is 3.86. The van der Waals surface area contributed by atoms with E-state index >= 15 is 0 Å². The highest BCUT2D eigenvalue weighted by molar-refractivity contribution is 9.10. The summed E-state index contributed by atoms with van der Waals surface area (Å²) in [6, 6.07) is 9.72. The number of halogens is 2. The van der Waals surface area contributed by atoms with Crippen molar-refractivity contribution in [2.75, 3.05) is 0 Å². The Labute approximate surface area is 90.1 Å². The molecule has 0 fully saturated rings. The summed E-state index contributed by atoms with van der Waals surface area (Å²) < 4.78 is 3.03. The molecule has 0 atom stereocenters. The Morgan fingerprint density at radius 1 is 1.15 bits per heavy atom. The highest BCUT2D eigenvalue weighted by atomic mass is 79.9. The van der Waals surface area contributed by atoms with Crippen LogP contribution in [-0.2, 0) is 0 Å². The number of hydrogen-bond acceptors (Lipinski definition) is 0. The van der Waals surface area contributed by atoms with Crippen LogP contribution in [0.3, 0.4) is 0 Å². The summed E-state index contributed by atoms with van der Waals surface area (Å²) in [5.41, 5.74) is 0.995. The fraction of sp³-hybridized carbons (Fsp3) is 0. The van der Waals surface area contributed by atoms with Crippen molar-refractivity contribution in [2.24, 2.45) is 0 Å². The number of rotatable bonds is 1. The van der Waals surface area contributed by atoms with Gasteiger partial charge < -0.3 is 4.57 Å². The molecular weight excluding hydrogens is 249 g/mol. The Morgan fingerprint density at radius 3 is 2.54 bits per heavy atom. The number of nitrogens with zero attached hydrogens (tertiary/aromatic N) is 1. The summed E-state index contributed by atoms with van der Waals surface area (Å²) in [6.45, 7) is 0. The largest absolute Gasteiger partial charge is 0.321 e. The van der Waals surface area contributed by atoms with Gasteiger partial charge >= 0.3 is 0 Å². The topological polar surface area (TPSA) is 4.93 Å². The van der Waals surface area contributed by atoms with Crippen LogP contribution in [0.15, 0.2) is 47.2 Å². The monoisotopic (exact) mass is 255 g/mol. The van der Waals surface area contributed by atoms with Crippen molar-refractivity contribution in [3.63, 3.8) is 0 Å². The Bertz CT molecular complexity index is 422. The summed E-state index contributed by atoms with van der Waals surface area (Å²) in [7, 11) is 0. The lowest BCUT2D eigenvalue weighted by atomic mass is 10.3. The maximum atomic E-state index is 6.03. The van der Waals surface area contributed by atoms with Crippen molar-refractivity contribution in [3.8, 4) is 5.69 Å². The molecule has 0 bridgehead atoms. The van der Waals surface area contributed by atoms with Crippen molar-refractivity contribution < 1.29 is 0 Å². The molecule has 0 N–H and O–H groups in total. The third kappa shape index (κ3) is 1.79. The van der Waals surface area contributed by atoms with Crippen LogP contribution >= 0.6 is 27.5 Å². The average molecular weight is 257 g/mol. The quantitative estimate of drug-likeness (QED) is 0.729. The second-order valence-corrected chi connectivity index (χ2v) is 4.01. The molecule has 2 aromatic rings. The SMILES string of the molecule is Clc1ccccc1-n1ccc(Br)c1. The molecule has 0 aliphatic heterocycles. The summed E-state index contributed by atoms with van der Waals surface area (Å²) >= 11 is 9.42. The minimum Gasteiger partial charge on any atom is -0.321 e. The average Bonchev–Trinajstić information content (AvgIpc) is 2.53. The van der Waals surface area contributed by atoms with Gasteiger partial charge in [0.2, 0.25) is 0 Å². The van der Waals surface area contributed by atoms with Gasteiger partial charge in [-0.1, -0.05) is 23.7 Å². The van der Waals surface area contributed by atoms with Crippen LogP contribution in [-0.4, -0.2) is 4.57 Å². The zero-order valence-corrected chi connectivity index (χ0v) is 9.09. The van der Waals surface area contributed by atoms with Crippen LogP contribution in [0.1, 0.15) is 0 Å². The minimum absolute atomic E-state index is 0.755. The number of hydrogen-bond donors (Lipinski definition) is 0. The smallest absolute Gasteiger partial charge is 0.0646 e. The molecule has 1 aromatic carbocycles. The van der Waals surface area contributed by atoms with Gasteiger partial charge in [-0.2, -0.15) is 0 Å². The molecule has 0 aliphatic carbocycles. The molecule has 2 rings (SSSR count). The summed E-state index contributed by atoms with van der Waals surface area (Å²) in [5.74, 6) is 0. The molecule has 0 radical (unpaired) electrons. The van der Waals surface area contributed by atoms with E-state index in [-0.39, 0.29) is 0 Å². The summed E-state index contributed by atoms with van der Waals surface area (Å²) in [4.78, 5) is 0. The standard InChI is InChI=1S/C10H7BrClN/c11-8-5-6-13(7-8)10-4-2-1-3-9(10)12/h1-7H. The minimum atomic E-state index is 0.755. The van der Waals surface area contributed by atoms with E-state index in [4.69, 9.17) is 11.6 Å². The predicted molar refractivity (Wildman–Crippen MR) is 58.5 cm³/mol. The van der Waals surface area contributed by atoms with Gasteiger partial charge in [-0.3, -0.25) is 0 Å². The van der Waals surface area contributed by atoms with Crippen molar-refractivity contribution in [2.45, 2.75) is 0 Å². The molecule has 1 aromatic heterocycles. The number of aromatic nitrogens is 1. The van der Waals surface area contributed by atoms with Crippen LogP contribution in [0.5, 0.6) is 0 Å². The zero-order valence-electron chi connectivity index (χ0n) is 6.74. The molecule has 13 heavy (non-hydrogen) atoms. The molecule has 0 aliphatic rings. The molecule has 3 heteroatoms. The van der Waals surface area contributed by atoms with Crippen LogP contribution in [0.2, 0.25) is 5.02 Å². The maximum absolute atomic E-state index is 6.03. The first-order valence-corrected chi connectivity index (χ1v) is 5.03. The normalized spacial score (nSPS) is 10.3. The van der Waals surface area contributed by atoms with Gasteiger partial charge in [0.05, 0.1) is 10.7 Å². The van der Waals surface area contributed by atoms with E-state index in [0.29, 0.717) is 0 Å². The lowest BCUT2D eigenvalue weighted by molar-refractivity contribution is 1.08. The number of para-hydroxylation sites is 1. The van der Waals surface area contributed by atoms with Crippen LogP contribution in [0, 0.1) is 0 Å². The third-order valence-corrected chi connectivity index (χ3v) is 2.58. The fourth-order valence-electron chi connectivity index (χ4n) is 1.18. The van der Waals surface area contributed by atoms with Crippen molar-refractivity contribution in [1.29, 1.82) is 0 Å². The molecule has 0 unspecified atom stereocenters. The highest BCUT2D eigenvalue weighted by Gasteiger charge is 2.00. The van der Waals surface area contributed by atoms with E-state index in [1.165, 1.54) is 0 Å². The third-order valence-electron chi connectivity index (χ3n) is 1.79. The van der Waals surface area contributed by atoms with Crippen molar-refractivity contribution >= 4 is 27.5 Å². The lowest BCUT2D eigenvalue weighted by Crippen LogP contribution is -1.89. The van der Waals surface area contributed by atoms with Gasteiger partial charge in [-0.05, 0) is 34.1 Å². The van der Waals surface area contributed by atoms with E-state index in [9.17, 15) is 0 Å². The predicted octanol–water partition coefficient (Wildman–Crippen LogP) is 3.89. The molecule has 1 nitrogen and oxygen atoms in total. The Kier molecular flexibility index (Phi) is 2.42. The van der Waals surface area contributed by atoms with E-state index in [1.54, 1.807) is 0 Å². The second-order valence-electron chi connectivity index (χ2n) is 2.69. The summed E-state index contributed by atoms with van der Waals surface area (Å²) in [6.07, 6.45) is 3.94.